The topological polar surface area (TPSA) is 80.9 Å². The molecule has 4 N–H and O–H groups in total. The predicted octanol–water partition coefficient (Wildman–Crippen LogP) is 5.47. The van der Waals surface area contributed by atoms with Crippen LogP contribution in [-0.4, -0.2) is 44.3 Å². The zero-order chi connectivity index (χ0) is 25.5. The number of fused-ring (bicyclic) bond motifs is 5. The number of hydrogen-bond acceptors (Lipinski definition) is 4. The van der Waals surface area contributed by atoms with Crippen LogP contribution >= 0.6 is 0 Å². The smallest absolute Gasteiger partial charge is 0.0654 e. The maximum absolute atomic E-state index is 11.8. The van der Waals surface area contributed by atoms with Gasteiger partial charge in [0.2, 0.25) is 0 Å². The van der Waals surface area contributed by atoms with E-state index in [0.717, 1.165) is 51.4 Å². The van der Waals surface area contributed by atoms with Crippen molar-refractivity contribution < 1.29 is 20.4 Å². The van der Waals surface area contributed by atoms with E-state index in [9.17, 15) is 20.4 Å². The first-order valence-electron chi connectivity index (χ1n) is 13.9. The molecule has 0 bridgehead atoms. The van der Waals surface area contributed by atoms with Crippen molar-refractivity contribution in [3.8, 4) is 0 Å². The third-order valence-corrected chi connectivity index (χ3v) is 12.3. The molecule has 11 atom stereocenters. The van der Waals surface area contributed by atoms with E-state index >= 15 is 0 Å². The molecule has 0 aromatic heterocycles. The summed E-state index contributed by atoms with van der Waals surface area (Å²) in [7, 11) is 0. The average molecular weight is 477 g/mol. The van der Waals surface area contributed by atoms with Crippen molar-refractivity contribution in [3.05, 3.63) is 11.6 Å². The summed E-state index contributed by atoms with van der Waals surface area (Å²) >= 11 is 0. The minimum atomic E-state index is -0.810. The second kappa shape index (κ2) is 8.30. The SMILES string of the molecule is CC(C)=CCC[C@](C)(O)[C@H]1CC[C@@]2(C)[C@@H]1[C@H](O)C[C@@H]1[C@]3(C)CC[C@@H](O)C(C)(C)[C@H]3[C@H](O)C[C@]12C. The Bertz CT molecular complexity index is 813. The maximum atomic E-state index is 11.8. The molecule has 4 rings (SSSR count). The Morgan fingerprint density at radius 2 is 1.59 bits per heavy atom. The fourth-order valence-electron chi connectivity index (χ4n) is 10.5. The third-order valence-electron chi connectivity index (χ3n) is 12.3. The molecule has 0 aromatic carbocycles. The molecular formula is C30H52O4. The minimum Gasteiger partial charge on any atom is -0.393 e. The van der Waals surface area contributed by atoms with Gasteiger partial charge in [-0.15, -0.1) is 0 Å². The Hall–Kier alpha value is -0.420. The van der Waals surface area contributed by atoms with E-state index in [-0.39, 0.29) is 39.4 Å². The molecule has 4 nitrogen and oxygen atoms in total. The van der Waals surface area contributed by atoms with E-state index in [1.165, 1.54) is 5.57 Å². The highest BCUT2D eigenvalue weighted by molar-refractivity contribution is 5.21. The first kappa shape index (κ1) is 26.6. The molecular weight excluding hydrogens is 424 g/mol. The summed E-state index contributed by atoms with van der Waals surface area (Å²) in [5.41, 5.74) is -0.230. The summed E-state index contributed by atoms with van der Waals surface area (Å²) in [6, 6.07) is 0. The molecule has 4 heteroatoms. The standard InChI is InChI=1S/C30H52O4/c1-18(2)10-9-13-30(8,34)19-11-15-28(6)24(19)20(31)16-22-27(5)14-12-23(33)26(3,4)25(27)21(32)17-29(22,28)7/h10,19-25,31-34H,9,11-17H2,1-8H3/t19-,20+,21+,22+,23+,24-,25+,27-,28-,29+,30-/m0/s1. The maximum Gasteiger partial charge on any atom is 0.0654 e. The van der Waals surface area contributed by atoms with E-state index in [0.29, 0.717) is 5.92 Å². The van der Waals surface area contributed by atoms with Crippen molar-refractivity contribution in [3.63, 3.8) is 0 Å². The molecule has 4 aliphatic carbocycles. The highest BCUT2D eigenvalue weighted by Gasteiger charge is 2.72. The number of aliphatic hydroxyl groups excluding tert-OH is 3. The Kier molecular flexibility index (Phi) is 6.50. The van der Waals surface area contributed by atoms with Crippen LogP contribution in [0.3, 0.4) is 0 Å². The van der Waals surface area contributed by atoms with Gasteiger partial charge in [0, 0.05) is 0 Å². The van der Waals surface area contributed by atoms with Gasteiger partial charge in [0.1, 0.15) is 0 Å². The summed E-state index contributed by atoms with van der Waals surface area (Å²) in [5.74, 6) is 0.442. The zero-order valence-electron chi connectivity index (χ0n) is 23.1. The normalized spacial score (nSPS) is 51.6. The largest absolute Gasteiger partial charge is 0.393 e. The van der Waals surface area contributed by atoms with Crippen molar-refractivity contribution in [1.29, 1.82) is 0 Å². The Morgan fingerprint density at radius 1 is 0.941 bits per heavy atom. The van der Waals surface area contributed by atoms with Crippen molar-refractivity contribution in [2.75, 3.05) is 0 Å². The summed E-state index contributed by atoms with van der Waals surface area (Å²) in [6.45, 7) is 17.5. The lowest BCUT2D eigenvalue weighted by Gasteiger charge is -2.71. The lowest BCUT2D eigenvalue weighted by molar-refractivity contribution is -0.274. The molecule has 196 valence electrons. The molecule has 0 spiro atoms. The molecule has 4 fully saturated rings. The highest BCUT2D eigenvalue weighted by atomic mass is 16.3. The molecule has 0 aliphatic heterocycles. The van der Waals surface area contributed by atoms with Gasteiger partial charge in [-0.3, -0.25) is 0 Å². The first-order chi connectivity index (χ1) is 15.5. The van der Waals surface area contributed by atoms with Crippen molar-refractivity contribution in [2.24, 2.45) is 45.3 Å². The van der Waals surface area contributed by atoms with Gasteiger partial charge in [-0.25, -0.2) is 0 Å². The summed E-state index contributed by atoms with van der Waals surface area (Å²) < 4.78 is 0. The summed E-state index contributed by atoms with van der Waals surface area (Å²) in [5, 5.41) is 46.0. The number of rotatable bonds is 4. The van der Waals surface area contributed by atoms with Gasteiger partial charge in [-0.2, -0.15) is 0 Å². The van der Waals surface area contributed by atoms with Gasteiger partial charge in [0.05, 0.1) is 23.9 Å². The first-order valence-corrected chi connectivity index (χ1v) is 13.9. The summed E-state index contributed by atoms with van der Waals surface area (Å²) in [6.07, 6.45) is 7.54. The van der Waals surface area contributed by atoms with Crippen molar-refractivity contribution in [2.45, 2.75) is 131 Å². The van der Waals surface area contributed by atoms with Crippen molar-refractivity contribution >= 4 is 0 Å². The van der Waals surface area contributed by atoms with Crippen LogP contribution in [0.25, 0.3) is 0 Å². The lowest BCUT2D eigenvalue weighted by Crippen LogP contribution is -2.69. The minimum absolute atomic E-state index is 0.0264. The van der Waals surface area contributed by atoms with Gasteiger partial charge in [0.15, 0.2) is 0 Å². The lowest BCUT2D eigenvalue weighted by atomic mass is 9.34. The average Bonchev–Trinajstić information content (AvgIpc) is 3.07. The van der Waals surface area contributed by atoms with Crippen LogP contribution < -0.4 is 0 Å². The van der Waals surface area contributed by atoms with Crippen LogP contribution in [0.4, 0.5) is 0 Å². The fourth-order valence-corrected chi connectivity index (χ4v) is 10.5. The molecule has 4 aliphatic rings. The van der Waals surface area contributed by atoms with Crippen LogP contribution in [0.2, 0.25) is 0 Å². The van der Waals surface area contributed by atoms with Gasteiger partial charge in [0.25, 0.3) is 0 Å². The molecule has 0 unspecified atom stereocenters. The molecule has 0 aromatic rings. The van der Waals surface area contributed by atoms with E-state index in [4.69, 9.17) is 0 Å². The molecule has 0 saturated heterocycles. The Balaban J connectivity index is 1.70. The molecule has 4 saturated carbocycles. The number of allylic oxidation sites excluding steroid dienone is 2. The molecule has 34 heavy (non-hydrogen) atoms. The van der Waals surface area contributed by atoms with Crippen LogP contribution in [0, 0.1) is 45.3 Å². The predicted molar refractivity (Wildman–Crippen MR) is 137 cm³/mol. The Morgan fingerprint density at radius 3 is 2.21 bits per heavy atom. The second-order valence-corrected chi connectivity index (χ2v) is 14.7. The van der Waals surface area contributed by atoms with E-state index in [1.807, 2.05) is 6.92 Å². The zero-order valence-corrected chi connectivity index (χ0v) is 23.1. The monoisotopic (exact) mass is 476 g/mol. The van der Waals surface area contributed by atoms with Crippen LogP contribution in [0.15, 0.2) is 11.6 Å². The second-order valence-electron chi connectivity index (χ2n) is 14.7. The van der Waals surface area contributed by atoms with Gasteiger partial charge in [-0.1, -0.05) is 46.3 Å². The van der Waals surface area contributed by atoms with Gasteiger partial charge in [-0.05, 0) is 117 Å². The molecule has 0 amide bonds. The van der Waals surface area contributed by atoms with E-state index in [1.54, 1.807) is 0 Å². The van der Waals surface area contributed by atoms with Crippen LogP contribution in [-0.2, 0) is 0 Å². The molecule has 0 radical (unpaired) electrons. The van der Waals surface area contributed by atoms with Crippen molar-refractivity contribution in [1.82, 2.24) is 0 Å². The van der Waals surface area contributed by atoms with Gasteiger partial charge < -0.3 is 20.4 Å². The van der Waals surface area contributed by atoms with Crippen LogP contribution in [0.1, 0.15) is 107 Å². The van der Waals surface area contributed by atoms with E-state index in [2.05, 4.69) is 54.5 Å². The third kappa shape index (κ3) is 3.60. The number of hydrogen-bond donors (Lipinski definition) is 4. The fraction of sp³-hybridized carbons (Fsp3) is 0.933. The van der Waals surface area contributed by atoms with Gasteiger partial charge >= 0.3 is 0 Å². The van der Waals surface area contributed by atoms with Crippen LogP contribution in [0.5, 0.6) is 0 Å². The van der Waals surface area contributed by atoms with E-state index < -0.39 is 23.9 Å². The quantitative estimate of drug-likeness (QED) is 0.406. The number of aliphatic hydroxyl groups is 4. The Labute approximate surface area is 208 Å². The summed E-state index contributed by atoms with van der Waals surface area (Å²) in [4.78, 5) is 0. The highest BCUT2D eigenvalue weighted by Crippen LogP contribution is 2.75. The molecule has 0 heterocycles.